The van der Waals surface area contributed by atoms with Gasteiger partial charge in [0.2, 0.25) is 0 Å². The van der Waals surface area contributed by atoms with Gasteiger partial charge in [-0.15, -0.1) is 0 Å². The predicted molar refractivity (Wildman–Crippen MR) is 84.2 cm³/mol. The fourth-order valence-corrected chi connectivity index (χ4v) is 4.28. The summed E-state index contributed by atoms with van der Waals surface area (Å²) in [5.41, 5.74) is 2.29. The molecule has 120 valence electrons. The molecule has 3 aliphatic rings. The van der Waals surface area contributed by atoms with Crippen molar-refractivity contribution in [1.82, 2.24) is 9.97 Å². The van der Waals surface area contributed by atoms with Crippen molar-refractivity contribution < 1.29 is 9.84 Å². The van der Waals surface area contributed by atoms with Crippen LogP contribution in [-0.4, -0.2) is 46.5 Å². The lowest BCUT2D eigenvalue weighted by Crippen LogP contribution is -2.55. The highest BCUT2D eigenvalue weighted by Crippen LogP contribution is 2.38. The fourth-order valence-electron chi connectivity index (χ4n) is 4.28. The first-order chi connectivity index (χ1) is 10.7. The van der Waals surface area contributed by atoms with Crippen molar-refractivity contribution in [2.45, 2.75) is 63.6 Å². The molecule has 1 aromatic heterocycles. The Morgan fingerprint density at radius 3 is 2.77 bits per heavy atom. The van der Waals surface area contributed by atoms with Gasteiger partial charge in [-0.3, -0.25) is 0 Å². The van der Waals surface area contributed by atoms with E-state index in [0.29, 0.717) is 0 Å². The highest BCUT2D eigenvalue weighted by atomic mass is 16.5. The van der Waals surface area contributed by atoms with E-state index in [0.717, 1.165) is 69.9 Å². The maximum atomic E-state index is 10.4. The molecule has 1 aromatic rings. The fraction of sp³-hybridized carbons (Fsp3) is 0.765. The maximum absolute atomic E-state index is 10.4. The SMILES string of the molecule is Cc1nc2c(c(N3CCC4(CC3)OCCC[C@@H]4O)n1)CCC2. The molecule has 5 nitrogen and oxygen atoms in total. The number of anilines is 1. The van der Waals surface area contributed by atoms with Crippen molar-refractivity contribution in [2.24, 2.45) is 0 Å². The lowest BCUT2D eigenvalue weighted by atomic mass is 9.82. The smallest absolute Gasteiger partial charge is 0.135 e. The van der Waals surface area contributed by atoms with Crippen molar-refractivity contribution in [1.29, 1.82) is 0 Å². The van der Waals surface area contributed by atoms with E-state index in [1.165, 1.54) is 17.7 Å². The van der Waals surface area contributed by atoms with Crippen molar-refractivity contribution in [3.05, 3.63) is 17.1 Å². The van der Waals surface area contributed by atoms with Gasteiger partial charge in [-0.1, -0.05) is 0 Å². The van der Waals surface area contributed by atoms with Crippen LogP contribution in [0.5, 0.6) is 0 Å². The molecule has 2 saturated heterocycles. The van der Waals surface area contributed by atoms with Gasteiger partial charge in [0.15, 0.2) is 0 Å². The summed E-state index contributed by atoms with van der Waals surface area (Å²) in [6.07, 6.45) is 6.73. The number of aliphatic hydroxyl groups excluding tert-OH is 1. The van der Waals surface area contributed by atoms with E-state index in [-0.39, 0.29) is 11.7 Å². The molecule has 0 radical (unpaired) electrons. The average Bonchev–Trinajstić information content (AvgIpc) is 2.99. The normalized spacial score (nSPS) is 27.2. The number of hydrogen-bond acceptors (Lipinski definition) is 5. The number of aryl methyl sites for hydroxylation is 2. The van der Waals surface area contributed by atoms with E-state index in [4.69, 9.17) is 9.72 Å². The Kier molecular flexibility index (Phi) is 3.57. The van der Waals surface area contributed by atoms with Gasteiger partial charge in [0.25, 0.3) is 0 Å². The molecule has 0 aromatic carbocycles. The van der Waals surface area contributed by atoms with Crippen molar-refractivity contribution in [3.8, 4) is 0 Å². The number of rotatable bonds is 1. The lowest BCUT2D eigenvalue weighted by molar-refractivity contribution is -0.164. The molecule has 2 aliphatic heterocycles. The van der Waals surface area contributed by atoms with Gasteiger partial charge in [0.1, 0.15) is 11.6 Å². The standard InChI is InChI=1S/C17H25N3O2/c1-12-18-14-5-2-4-13(14)16(19-12)20-9-7-17(8-10-20)15(21)6-3-11-22-17/h15,21H,2-11H2,1H3/t15-/m0/s1. The van der Waals surface area contributed by atoms with Crippen molar-refractivity contribution >= 4 is 5.82 Å². The summed E-state index contributed by atoms with van der Waals surface area (Å²) >= 11 is 0. The molecule has 0 unspecified atom stereocenters. The zero-order valence-corrected chi connectivity index (χ0v) is 13.3. The van der Waals surface area contributed by atoms with E-state index in [1.807, 2.05) is 6.92 Å². The van der Waals surface area contributed by atoms with Crippen LogP contribution in [0.25, 0.3) is 0 Å². The van der Waals surface area contributed by atoms with Crippen LogP contribution in [0.15, 0.2) is 0 Å². The molecule has 0 amide bonds. The summed E-state index contributed by atoms with van der Waals surface area (Å²) < 4.78 is 6.01. The second-order valence-electron chi connectivity index (χ2n) is 6.93. The van der Waals surface area contributed by atoms with Crippen LogP contribution in [0.2, 0.25) is 0 Å². The lowest BCUT2D eigenvalue weighted by Gasteiger charge is -2.47. The molecular formula is C17H25N3O2. The summed E-state index contributed by atoms with van der Waals surface area (Å²) in [7, 11) is 0. The van der Waals surface area contributed by atoms with Crippen LogP contribution in [0.4, 0.5) is 5.82 Å². The highest BCUT2D eigenvalue weighted by Gasteiger charge is 2.44. The van der Waals surface area contributed by atoms with E-state index in [1.54, 1.807) is 0 Å². The minimum absolute atomic E-state index is 0.304. The maximum Gasteiger partial charge on any atom is 0.135 e. The third-order valence-corrected chi connectivity index (χ3v) is 5.55. The minimum atomic E-state index is -0.306. The van der Waals surface area contributed by atoms with Gasteiger partial charge in [0.05, 0.1) is 11.7 Å². The quantitative estimate of drug-likeness (QED) is 0.857. The molecule has 2 fully saturated rings. The largest absolute Gasteiger partial charge is 0.390 e. The molecule has 0 saturated carbocycles. The summed E-state index contributed by atoms with van der Waals surface area (Å²) in [5.74, 6) is 2.02. The number of nitrogens with zero attached hydrogens (tertiary/aromatic N) is 3. The van der Waals surface area contributed by atoms with Gasteiger partial charge in [-0.05, 0) is 51.9 Å². The first-order valence-electron chi connectivity index (χ1n) is 8.61. The van der Waals surface area contributed by atoms with Gasteiger partial charge in [0, 0.05) is 31.0 Å². The minimum Gasteiger partial charge on any atom is -0.390 e. The summed E-state index contributed by atoms with van der Waals surface area (Å²) in [5, 5.41) is 10.4. The van der Waals surface area contributed by atoms with Gasteiger partial charge in [-0.25, -0.2) is 9.97 Å². The second kappa shape index (κ2) is 5.46. The van der Waals surface area contributed by atoms with E-state index < -0.39 is 0 Å². The third kappa shape index (κ3) is 2.31. The van der Waals surface area contributed by atoms with Crippen LogP contribution < -0.4 is 4.90 Å². The number of piperidine rings is 1. The van der Waals surface area contributed by atoms with Crippen LogP contribution >= 0.6 is 0 Å². The molecular weight excluding hydrogens is 278 g/mol. The monoisotopic (exact) mass is 303 g/mol. The van der Waals surface area contributed by atoms with E-state index in [9.17, 15) is 5.11 Å². The van der Waals surface area contributed by atoms with Gasteiger partial charge >= 0.3 is 0 Å². The highest BCUT2D eigenvalue weighted by molar-refractivity contribution is 5.51. The van der Waals surface area contributed by atoms with E-state index >= 15 is 0 Å². The third-order valence-electron chi connectivity index (χ3n) is 5.55. The Morgan fingerprint density at radius 1 is 1.18 bits per heavy atom. The molecule has 3 heterocycles. The molecule has 5 heteroatoms. The Balaban J connectivity index is 1.55. The first-order valence-corrected chi connectivity index (χ1v) is 8.61. The van der Waals surface area contributed by atoms with Crippen LogP contribution in [0.1, 0.15) is 49.2 Å². The molecule has 0 bridgehead atoms. The topological polar surface area (TPSA) is 58.5 Å². The second-order valence-corrected chi connectivity index (χ2v) is 6.93. The zero-order chi connectivity index (χ0) is 15.2. The predicted octanol–water partition coefficient (Wildman–Crippen LogP) is 1.78. The van der Waals surface area contributed by atoms with E-state index in [2.05, 4.69) is 9.88 Å². The number of aliphatic hydroxyl groups is 1. The molecule has 1 atom stereocenters. The molecule has 4 rings (SSSR count). The van der Waals surface area contributed by atoms with Crippen molar-refractivity contribution in [2.75, 3.05) is 24.6 Å². The summed E-state index contributed by atoms with van der Waals surface area (Å²) in [6.45, 7) is 4.61. The Hall–Kier alpha value is -1.20. The molecule has 22 heavy (non-hydrogen) atoms. The number of fused-ring (bicyclic) bond motifs is 1. The van der Waals surface area contributed by atoms with Crippen LogP contribution in [0.3, 0.4) is 0 Å². The average molecular weight is 303 g/mol. The van der Waals surface area contributed by atoms with Gasteiger partial charge in [-0.2, -0.15) is 0 Å². The Bertz CT molecular complexity index is 567. The summed E-state index contributed by atoms with van der Waals surface area (Å²) in [4.78, 5) is 11.7. The zero-order valence-electron chi connectivity index (χ0n) is 13.3. The molecule has 1 aliphatic carbocycles. The Labute approximate surface area is 131 Å². The number of ether oxygens (including phenoxy) is 1. The van der Waals surface area contributed by atoms with Crippen LogP contribution in [0, 0.1) is 6.92 Å². The first kappa shape index (κ1) is 14.4. The van der Waals surface area contributed by atoms with Crippen LogP contribution in [-0.2, 0) is 17.6 Å². The molecule has 1 N–H and O–H groups in total. The summed E-state index contributed by atoms with van der Waals surface area (Å²) in [6, 6.07) is 0. The number of aromatic nitrogens is 2. The van der Waals surface area contributed by atoms with Gasteiger partial charge < -0.3 is 14.7 Å². The number of hydrogen-bond donors (Lipinski definition) is 1. The van der Waals surface area contributed by atoms with Crippen molar-refractivity contribution in [3.63, 3.8) is 0 Å². The Morgan fingerprint density at radius 2 is 2.00 bits per heavy atom. The molecule has 1 spiro atoms.